The summed E-state index contributed by atoms with van der Waals surface area (Å²) in [6, 6.07) is 0. The monoisotopic (exact) mass is 435 g/mol. The van der Waals surface area contributed by atoms with Gasteiger partial charge in [-0.25, -0.2) is 0 Å². The van der Waals surface area contributed by atoms with Gasteiger partial charge < -0.3 is 39.7 Å². The van der Waals surface area contributed by atoms with Gasteiger partial charge in [-0.1, -0.05) is 11.6 Å². The van der Waals surface area contributed by atoms with Crippen molar-refractivity contribution in [1.29, 1.82) is 0 Å². The average Bonchev–Trinajstić information content (AvgIpc) is 3.19. The largest absolute Gasteiger partial charge is 0.481 e. The number of carbonyl (C=O) groups is 1. The van der Waals surface area contributed by atoms with Crippen molar-refractivity contribution in [3.63, 3.8) is 0 Å². The molecule has 0 unspecified atom stereocenters. The zero-order valence-electron chi connectivity index (χ0n) is 17.0. The molecule has 0 bridgehead atoms. The minimum atomic E-state index is -0.800. The van der Waals surface area contributed by atoms with Gasteiger partial charge in [0.25, 0.3) is 0 Å². The number of aliphatic hydroxyl groups is 4. The molecule has 1 heterocycles. The lowest BCUT2D eigenvalue weighted by atomic mass is 10.2. The predicted molar refractivity (Wildman–Crippen MR) is 103 cm³/mol. The fourth-order valence-electron chi connectivity index (χ4n) is 2.40. The highest BCUT2D eigenvalue weighted by Crippen LogP contribution is 2.07. The van der Waals surface area contributed by atoms with Crippen molar-refractivity contribution in [3.05, 3.63) is 11.9 Å². The Labute approximate surface area is 175 Å². The Morgan fingerprint density at radius 2 is 1.50 bits per heavy atom. The van der Waals surface area contributed by atoms with Crippen LogP contribution in [0.2, 0.25) is 0 Å². The van der Waals surface area contributed by atoms with Gasteiger partial charge in [0.15, 0.2) is 0 Å². The molecule has 0 fully saturated rings. The normalized spacial score (nSPS) is 11.8. The molecule has 0 aliphatic rings. The molecule has 12 heteroatoms. The van der Waals surface area contributed by atoms with Crippen molar-refractivity contribution in [2.75, 3.05) is 39.6 Å². The highest BCUT2D eigenvalue weighted by atomic mass is 16.6. The number of aliphatic carboxylic acids is 1. The van der Waals surface area contributed by atoms with Crippen LogP contribution in [0, 0.1) is 0 Å². The van der Waals surface area contributed by atoms with Crippen molar-refractivity contribution >= 4 is 5.97 Å². The van der Waals surface area contributed by atoms with Crippen molar-refractivity contribution in [2.45, 2.75) is 57.1 Å². The fourth-order valence-corrected chi connectivity index (χ4v) is 2.40. The number of hydrogen-bond acceptors (Lipinski definition) is 10. The molecule has 1 aromatic heterocycles. The van der Waals surface area contributed by atoms with Crippen LogP contribution in [-0.4, -0.2) is 104 Å². The first kappa shape index (κ1) is 26.4. The van der Waals surface area contributed by atoms with Gasteiger partial charge in [0, 0.05) is 13.0 Å². The van der Waals surface area contributed by atoms with E-state index >= 15 is 0 Å². The van der Waals surface area contributed by atoms with Crippen LogP contribution in [0.1, 0.15) is 31.4 Å². The van der Waals surface area contributed by atoms with Crippen LogP contribution in [0.5, 0.6) is 0 Å². The van der Waals surface area contributed by atoms with E-state index in [0.717, 1.165) is 12.8 Å². The number of aryl methyl sites for hydroxylation is 1. The van der Waals surface area contributed by atoms with E-state index in [4.69, 9.17) is 39.7 Å². The fraction of sp³-hybridized carbons (Fsp3) is 0.833. The van der Waals surface area contributed by atoms with E-state index in [1.807, 2.05) is 0 Å². The molecule has 0 spiro atoms. The molecule has 0 saturated heterocycles. The van der Waals surface area contributed by atoms with E-state index in [0.29, 0.717) is 18.7 Å². The maximum absolute atomic E-state index is 10.5. The van der Waals surface area contributed by atoms with E-state index in [2.05, 4.69) is 10.3 Å². The summed E-state index contributed by atoms with van der Waals surface area (Å²) in [4.78, 5) is 10.5. The van der Waals surface area contributed by atoms with Crippen LogP contribution in [-0.2, 0) is 32.2 Å². The van der Waals surface area contributed by atoms with Crippen LogP contribution < -0.4 is 0 Å². The molecular formula is C18H33N3O9. The van der Waals surface area contributed by atoms with Crippen molar-refractivity contribution in [1.82, 2.24) is 15.0 Å². The minimum absolute atomic E-state index is 0.0209. The van der Waals surface area contributed by atoms with Crippen LogP contribution >= 0.6 is 0 Å². The molecule has 174 valence electrons. The molecular weight excluding hydrogens is 402 g/mol. The summed E-state index contributed by atoms with van der Waals surface area (Å²) >= 11 is 0. The van der Waals surface area contributed by atoms with E-state index < -0.39 is 24.3 Å². The van der Waals surface area contributed by atoms with Gasteiger partial charge in [-0.3, -0.25) is 9.48 Å². The van der Waals surface area contributed by atoms with E-state index in [1.54, 1.807) is 10.9 Å². The number of aromatic nitrogens is 3. The zero-order chi connectivity index (χ0) is 22.2. The minimum Gasteiger partial charge on any atom is -0.481 e. The number of nitrogens with zero attached hydrogens (tertiary/aromatic N) is 3. The topological polar surface area (TPSA) is 177 Å². The first-order valence-corrected chi connectivity index (χ1v) is 9.91. The van der Waals surface area contributed by atoms with E-state index in [1.165, 1.54) is 0 Å². The Balaban J connectivity index is 2.46. The van der Waals surface area contributed by atoms with Gasteiger partial charge in [0.05, 0.1) is 52.4 Å². The van der Waals surface area contributed by atoms with Crippen molar-refractivity contribution in [2.24, 2.45) is 0 Å². The zero-order valence-corrected chi connectivity index (χ0v) is 17.0. The second-order valence-corrected chi connectivity index (χ2v) is 6.75. The van der Waals surface area contributed by atoms with Gasteiger partial charge in [0.1, 0.15) is 24.0 Å². The third-order valence-corrected chi connectivity index (χ3v) is 4.18. The molecule has 1 aromatic rings. The summed E-state index contributed by atoms with van der Waals surface area (Å²) in [5, 5.41) is 53.1. The van der Waals surface area contributed by atoms with Gasteiger partial charge in [-0.2, -0.15) is 0 Å². The van der Waals surface area contributed by atoms with E-state index in [-0.39, 0.29) is 52.7 Å². The Kier molecular flexibility index (Phi) is 14.1. The second-order valence-electron chi connectivity index (χ2n) is 6.75. The number of aliphatic hydroxyl groups excluding tert-OH is 4. The maximum atomic E-state index is 10.5. The molecule has 30 heavy (non-hydrogen) atoms. The molecule has 1 rings (SSSR count). The Hall–Kier alpha value is -1.67. The average molecular weight is 435 g/mol. The Morgan fingerprint density at radius 3 is 2.03 bits per heavy atom. The number of hydrogen-bond donors (Lipinski definition) is 5. The summed E-state index contributed by atoms with van der Waals surface area (Å²) in [5.74, 6) is -0.800. The lowest BCUT2D eigenvalue weighted by Gasteiger charge is -2.22. The first-order chi connectivity index (χ1) is 14.5. The lowest BCUT2D eigenvalue weighted by molar-refractivity contribution is -0.137. The van der Waals surface area contributed by atoms with Crippen molar-refractivity contribution < 1.29 is 44.5 Å². The molecule has 0 atom stereocenters. The van der Waals surface area contributed by atoms with Crippen LogP contribution in [0.15, 0.2) is 6.20 Å². The quantitative estimate of drug-likeness (QED) is 0.161. The Morgan fingerprint density at radius 1 is 0.900 bits per heavy atom. The standard InChI is InChI=1S/C18H33N3O9/c22-7-15(8-23)29-12-17(13-30-16(9-24)10-25)28-11-14-6-21(20-19-14)5-3-1-2-4-18(26)27/h6,15-17,22-25H,1-5,7-13H2,(H,26,27). The smallest absolute Gasteiger partial charge is 0.303 e. The van der Waals surface area contributed by atoms with Crippen LogP contribution in [0.4, 0.5) is 0 Å². The summed E-state index contributed by atoms with van der Waals surface area (Å²) in [6.45, 7) is -0.614. The highest BCUT2D eigenvalue weighted by Gasteiger charge is 2.17. The van der Waals surface area contributed by atoms with Gasteiger partial charge in [-0.15, -0.1) is 5.10 Å². The summed E-state index contributed by atoms with van der Waals surface area (Å²) in [5.41, 5.74) is 0.576. The molecule has 0 aliphatic heterocycles. The summed E-state index contributed by atoms with van der Waals surface area (Å²) in [7, 11) is 0. The molecule has 5 N–H and O–H groups in total. The molecule has 0 amide bonds. The van der Waals surface area contributed by atoms with Gasteiger partial charge in [0.2, 0.25) is 0 Å². The van der Waals surface area contributed by atoms with Crippen LogP contribution in [0.3, 0.4) is 0 Å². The highest BCUT2D eigenvalue weighted by molar-refractivity contribution is 5.66. The van der Waals surface area contributed by atoms with Crippen molar-refractivity contribution in [3.8, 4) is 0 Å². The lowest BCUT2D eigenvalue weighted by Crippen LogP contribution is -2.34. The number of unbranched alkanes of at least 4 members (excludes halogenated alkanes) is 2. The molecule has 12 nitrogen and oxygen atoms in total. The van der Waals surface area contributed by atoms with Gasteiger partial charge in [-0.05, 0) is 12.8 Å². The molecule has 0 radical (unpaired) electrons. The number of ether oxygens (including phenoxy) is 3. The summed E-state index contributed by atoms with van der Waals surface area (Å²) < 4.78 is 18.1. The Bertz CT molecular complexity index is 549. The van der Waals surface area contributed by atoms with Gasteiger partial charge >= 0.3 is 5.97 Å². The molecule has 0 aliphatic carbocycles. The summed E-state index contributed by atoms with van der Waals surface area (Å²) in [6.07, 6.45) is 1.99. The third-order valence-electron chi connectivity index (χ3n) is 4.18. The molecule has 0 aromatic carbocycles. The predicted octanol–water partition coefficient (Wildman–Crippen LogP) is -1.45. The van der Waals surface area contributed by atoms with Crippen LogP contribution in [0.25, 0.3) is 0 Å². The number of carboxylic acids is 1. The maximum Gasteiger partial charge on any atom is 0.303 e. The SMILES string of the molecule is O=C(O)CCCCCn1cc(COC(COC(CO)CO)COC(CO)CO)nn1. The molecule has 0 saturated carbocycles. The van der Waals surface area contributed by atoms with E-state index in [9.17, 15) is 4.79 Å². The first-order valence-electron chi connectivity index (χ1n) is 9.91. The number of rotatable bonds is 19. The second kappa shape index (κ2) is 16.1. The third kappa shape index (κ3) is 11.5. The number of carboxylic acid groups (broad SMARTS) is 1.